The van der Waals surface area contributed by atoms with Gasteiger partial charge in [-0.15, -0.1) is 12.6 Å². The summed E-state index contributed by atoms with van der Waals surface area (Å²) in [4.78, 5) is 11.2. The van der Waals surface area contributed by atoms with E-state index < -0.39 is 5.24 Å². The van der Waals surface area contributed by atoms with Crippen LogP contribution in [0.1, 0.15) is 10.4 Å². The van der Waals surface area contributed by atoms with Gasteiger partial charge in [-0.05, 0) is 29.8 Å². The number of carbonyl (C=O) groups excluding carboxylic acids is 1. The molecule has 2 nitrogen and oxygen atoms in total. The van der Waals surface area contributed by atoms with Gasteiger partial charge in [0.2, 0.25) is 0 Å². The molecule has 5 heteroatoms. The van der Waals surface area contributed by atoms with Crippen LogP contribution < -0.4 is 5.73 Å². The maximum Gasteiger partial charge on any atom is 2.00 e. The van der Waals surface area contributed by atoms with Crippen LogP contribution in [-0.4, -0.2) is 5.24 Å². The van der Waals surface area contributed by atoms with Crippen LogP contribution in [0.2, 0.25) is 0 Å². The molecule has 0 heterocycles. The molecular formula is C7H6ClNOSZn+2. The van der Waals surface area contributed by atoms with Crippen LogP contribution in [0, 0.1) is 0 Å². The van der Waals surface area contributed by atoms with Gasteiger partial charge in [-0.1, -0.05) is 0 Å². The minimum atomic E-state index is -0.509. The second kappa shape index (κ2) is 4.85. The predicted octanol–water partition coefficient (Wildman–Crippen LogP) is 1.93. The van der Waals surface area contributed by atoms with Crippen LogP contribution in [0.4, 0.5) is 5.69 Å². The number of thiol groups is 1. The fraction of sp³-hybridized carbons (Fsp3) is 0. The first-order valence-electron chi connectivity index (χ1n) is 2.89. The maximum absolute atomic E-state index is 10.6. The molecule has 0 spiro atoms. The Morgan fingerprint density at radius 1 is 1.50 bits per heavy atom. The third-order valence-electron chi connectivity index (χ3n) is 1.25. The molecule has 0 aliphatic carbocycles. The van der Waals surface area contributed by atoms with Gasteiger partial charge in [0, 0.05) is 16.1 Å². The number of anilines is 1. The average molecular weight is 253 g/mol. The van der Waals surface area contributed by atoms with E-state index in [0.717, 1.165) is 0 Å². The van der Waals surface area contributed by atoms with Gasteiger partial charge in [0.05, 0.1) is 0 Å². The van der Waals surface area contributed by atoms with Crippen molar-refractivity contribution in [1.29, 1.82) is 0 Å². The largest absolute Gasteiger partial charge is 2.00 e. The molecule has 0 amide bonds. The zero-order valence-corrected chi connectivity index (χ0v) is 10.9. The van der Waals surface area contributed by atoms with Gasteiger partial charge in [-0.2, -0.15) is 0 Å². The molecule has 2 N–H and O–H groups in total. The van der Waals surface area contributed by atoms with E-state index in [9.17, 15) is 4.79 Å². The third-order valence-corrected chi connectivity index (χ3v) is 1.88. The number of nitrogen functional groups attached to an aromatic ring is 1. The molecule has 58 valence electrons. The molecule has 1 aromatic carbocycles. The van der Waals surface area contributed by atoms with Crippen molar-refractivity contribution in [3.8, 4) is 0 Å². The third kappa shape index (κ3) is 2.78. The quantitative estimate of drug-likeness (QED) is 0.347. The van der Waals surface area contributed by atoms with E-state index in [1.54, 1.807) is 12.1 Å². The maximum atomic E-state index is 10.6. The number of hydrogen-bond donors (Lipinski definition) is 2. The summed E-state index contributed by atoms with van der Waals surface area (Å²) in [5.74, 6) is 0. The van der Waals surface area contributed by atoms with Crippen molar-refractivity contribution in [2.75, 3.05) is 5.73 Å². The van der Waals surface area contributed by atoms with Crippen molar-refractivity contribution >= 4 is 35.2 Å². The van der Waals surface area contributed by atoms with E-state index >= 15 is 0 Å². The summed E-state index contributed by atoms with van der Waals surface area (Å²) in [6.45, 7) is 0. The van der Waals surface area contributed by atoms with Gasteiger partial charge in [-0.25, -0.2) is 0 Å². The van der Waals surface area contributed by atoms with E-state index in [0.29, 0.717) is 16.1 Å². The van der Waals surface area contributed by atoms with Crippen LogP contribution in [-0.2, 0) is 19.5 Å². The van der Waals surface area contributed by atoms with Gasteiger partial charge >= 0.3 is 19.5 Å². The number of benzene rings is 1. The molecule has 0 saturated carbocycles. The van der Waals surface area contributed by atoms with Crippen molar-refractivity contribution < 1.29 is 24.3 Å². The molecule has 0 saturated heterocycles. The zero-order chi connectivity index (χ0) is 8.43. The molecule has 12 heavy (non-hydrogen) atoms. The van der Waals surface area contributed by atoms with Crippen molar-refractivity contribution in [2.45, 2.75) is 4.90 Å². The molecule has 1 rings (SSSR count). The summed E-state index contributed by atoms with van der Waals surface area (Å²) >= 11 is 9.24. The Bertz CT molecular complexity index is 305. The second-order valence-corrected chi connectivity index (χ2v) is 2.87. The minimum Gasteiger partial charge on any atom is -0.398 e. The minimum absolute atomic E-state index is 0. The number of carbonyl (C=O) groups is 1. The van der Waals surface area contributed by atoms with Gasteiger partial charge in [-0.3, -0.25) is 4.79 Å². The Kier molecular flexibility index (Phi) is 4.83. The SMILES string of the molecule is Nc1cc(C(=O)Cl)ccc1S.[Zn+2]. The monoisotopic (exact) mass is 251 g/mol. The summed E-state index contributed by atoms with van der Waals surface area (Å²) in [6, 6.07) is 4.71. The van der Waals surface area contributed by atoms with Crippen molar-refractivity contribution in [3.63, 3.8) is 0 Å². The van der Waals surface area contributed by atoms with E-state index in [-0.39, 0.29) is 19.5 Å². The van der Waals surface area contributed by atoms with Gasteiger partial charge in [0.1, 0.15) is 0 Å². The van der Waals surface area contributed by atoms with Gasteiger partial charge in [0.15, 0.2) is 0 Å². The van der Waals surface area contributed by atoms with Crippen LogP contribution in [0.25, 0.3) is 0 Å². The second-order valence-electron chi connectivity index (χ2n) is 2.05. The fourth-order valence-electron chi connectivity index (χ4n) is 0.677. The number of hydrogen-bond acceptors (Lipinski definition) is 3. The standard InChI is InChI=1S/C7H6ClNOS.Zn/c8-7(10)4-1-2-6(11)5(9)3-4;/h1-3,11H,9H2;/q;+2. The average Bonchev–Trinajstić information content (AvgIpc) is 1.94. The van der Waals surface area contributed by atoms with E-state index in [1.807, 2.05) is 0 Å². The molecule has 0 fully saturated rings. The molecule has 1 aromatic rings. The fourth-order valence-corrected chi connectivity index (χ4v) is 0.933. The van der Waals surface area contributed by atoms with Crippen LogP contribution >= 0.6 is 24.2 Å². The number of halogens is 1. The van der Waals surface area contributed by atoms with Crippen LogP contribution in [0.3, 0.4) is 0 Å². The van der Waals surface area contributed by atoms with Crippen molar-refractivity contribution in [2.24, 2.45) is 0 Å². The zero-order valence-electron chi connectivity index (χ0n) is 6.25. The Hall–Kier alpha value is -0.0466. The smallest absolute Gasteiger partial charge is 0.398 e. The molecule has 0 aliphatic rings. The van der Waals surface area contributed by atoms with Crippen LogP contribution in [0.5, 0.6) is 0 Å². The Balaban J connectivity index is 0.00000121. The first-order valence-corrected chi connectivity index (χ1v) is 3.72. The molecule has 0 radical (unpaired) electrons. The van der Waals surface area contributed by atoms with Crippen LogP contribution in [0.15, 0.2) is 23.1 Å². The Morgan fingerprint density at radius 2 is 2.08 bits per heavy atom. The number of nitrogens with two attached hydrogens (primary N) is 1. The van der Waals surface area contributed by atoms with E-state index in [4.69, 9.17) is 17.3 Å². The summed E-state index contributed by atoms with van der Waals surface area (Å²) in [6.07, 6.45) is 0. The van der Waals surface area contributed by atoms with Crippen molar-refractivity contribution in [1.82, 2.24) is 0 Å². The molecule has 0 aliphatic heterocycles. The summed E-state index contributed by atoms with van der Waals surface area (Å²) < 4.78 is 0. The van der Waals surface area contributed by atoms with Gasteiger partial charge < -0.3 is 5.73 Å². The summed E-state index contributed by atoms with van der Waals surface area (Å²) in [7, 11) is 0. The molecule has 0 aromatic heterocycles. The van der Waals surface area contributed by atoms with E-state index in [2.05, 4.69) is 12.6 Å². The summed E-state index contributed by atoms with van der Waals surface area (Å²) in [5, 5.41) is -0.509. The summed E-state index contributed by atoms with van der Waals surface area (Å²) in [5.41, 5.74) is 6.32. The Morgan fingerprint density at radius 3 is 2.50 bits per heavy atom. The number of rotatable bonds is 1. The predicted molar refractivity (Wildman–Crippen MR) is 48.3 cm³/mol. The van der Waals surface area contributed by atoms with Crippen molar-refractivity contribution in [3.05, 3.63) is 23.8 Å². The van der Waals surface area contributed by atoms with E-state index in [1.165, 1.54) is 6.07 Å². The molecule has 0 bridgehead atoms. The first kappa shape index (κ1) is 12.0. The first-order chi connectivity index (χ1) is 5.11. The topological polar surface area (TPSA) is 43.1 Å². The Labute approximate surface area is 93.6 Å². The van der Waals surface area contributed by atoms with Gasteiger partial charge in [0.25, 0.3) is 5.24 Å². The molecule has 0 unspecified atom stereocenters. The molecule has 0 atom stereocenters. The molecular weight excluding hydrogens is 247 g/mol. The normalized spacial score (nSPS) is 8.83.